The molecule has 0 aliphatic heterocycles. The summed E-state index contributed by atoms with van der Waals surface area (Å²) >= 11 is 0. The minimum absolute atomic E-state index is 0.0236. The van der Waals surface area contributed by atoms with Crippen LogP contribution in [0.5, 0.6) is 0 Å². The molecule has 0 spiro atoms. The highest BCUT2D eigenvalue weighted by molar-refractivity contribution is 5.70. The van der Waals surface area contributed by atoms with Crippen molar-refractivity contribution < 1.29 is 9.53 Å². The van der Waals surface area contributed by atoms with Gasteiger partial charge in [-0.3, -0.25) is 4.79 Å². The monoisotopic (exact) mass is 238 g/mol. The van der Waals surface area contributed by atoms with E-state index in [1.807, 2.05) is 6.92 Å². The number of esters is 1. The third-order valence-corrected chi connectivity index (χ3v) is 3.34. The highest BCUT2D eigenvalue weighted by Crippen LogP contribution is 2.21. The van der Waals surface area contributed by atoms with E-state index in [0.717, 1.165) is 19.3 Å². The van der Waals surface area contributed by atoms with Gasteiger partial charge in [-0.25, -0.2) is 0 Å². The van der Waals surface area contributed by atoms with Crippen LogP contribution in [0.4, 0.5) is 0 Å². The Morgan fingerprint density at radius 1 is 1.41 bits per heavy atom. The molecular weight excluding hydrogens is 212 g/mol. The fraction of sp³-hybridized carbons (Fsp3) is 0.800. The standard InChI is InChI=1S/C15H26O2/c1-3-4-5-6-9-13(2)17-15(16)12-14-10-7-8-11-14/h7,10,13-14H,3-6,8-9,11-12H2,1-2H3. The van der Waals surface area contributed by atoms with Crippen LogP contribution in [0.1, 0.15) is 65.2 Å². The lowest BCUT2D eigenvalue weighted by Gasteiger charge is -2.14. The van der Waals surface area contributed by atoms with Gasteiger partial charge in [0.15, 0.2) is 0 Å². The van der Waals surface area contributed by atoms with Crippen LogP contribution in [0.3, 0.4) is 0 Å². The maximum absolute atomic E-state index is 11.6. The van der Waals surface area contributed by atoms with Gasteiger partial charge in [-0.15, -0.1) is 0 Å². The maximum atomic E-state index is 11.6. The molecule has 1 aliphatic rings. The van der Waals surface area contributed by atoms with Gasteiger partial charge in [0.2, 0.25) is 0 Å². The van der Waals surface area contributed by atoms with E-state index in [1.165, 1.54) is 25.7 Å². The normalized spacial score (nSPS) is 20.5. The number of carbonyl (C=O) groups is 1. The van der Waals surface area contributed by atoms with Crippen LogP contribution >= 0.6 is 0 Å². The van der Waals surface area contributed by atoms with Crippen LogP contribution in [-0.4, -0.2) is 12.1 Å². The topological polar surface area (TPSA) is 26.3 Å². The molecule has 2 unspecified atom stereocenters. The van der Waals surface area contributed by atoms with Crippen LogP contribution < -0.4 is 0 Å². The van der Waals surface area contributed by atoms with Gasteiger partial charge in [-0.1, -0.05) is 38.3 Å². The Labute approximate surface area is 105 Å². The summed E-state index contributed by atoms with van der Waals surface area (Å²) in [5.41, 5.74) is 0. The lowest BCUT2D eigenvalue weighted by molar-refractivity contribution is -0.149. The molecule has 0 bridgehead atoms. The highest BCUT2D eigenvalue weighted by Gasteiger charge is 2.16. The van der Waals surface area contributed by atoms with E-state index in [-0.39, 0.29) is 12.1 Å². The van der Waals surface area contributed by atoms with Crippen LogP contribution in [0, 0.1) is 5.92 Å². The lowest BCUT2D eigenvalue weighted by atomic mass is 10.1. The van der Waals surface area contributed by atoms with Crippen molar-refractivity contribution in [1.29, 1.82) is 0 Å². The second-order valence-corrected chi connectivity index (χ2v) is 5.12. The predicted molar refractivity (Wildman–Crippen MR) is 70.8 cm³/mol. The fourth-order valence-electron chi connectivity index (χ4n) is 2.27. The summed E-state index contributed by atoms with van der Waals surface area (Å²) in [5.74, 6) is 0.402. The van der Waals surface area contributed by atoms with Gasteiger partial charge >= 0.3 is 5.97 Å². The van der Waals surface area contributed by atoms with Crippen molar-refractivity contribution in [3.8, 4) is 0 Å². The van der Waals surface area contributed by atoms with Gasteiger partial charge in [0.05, 0.1) is 12.5 Å². The van der Waals surface area contributed by atoms with E-state index in [0.29, 0.717) is 12.3 Å². The van der Waals surface area contributed by atoms with E-state index < -0.39 is 0 Å². The van der Waals surface area contributed by atoms with Gasteiger partial charge in [0.1, 0.15) is 0 Å². The number of hydrogen-bond acceptors (Lipinski definition) is 2. The second-order valence-electron chi connectivity index (χ2n) is 5.12. The van der Waals surface area contributed by atoms with Crippen molar-refractivity contribution in [2.45, 2.75) is 71.3 Å². The molecule has 1 aliphatic carbocycles. The maximum Gasteiger partial charge on any atom is 0.306 e. The summed E-state index contributed by atoms with van der Waals surface area (Å²) in [6.45, 7) is 4.22. The van der Waals surface area contributed by atoms with E-state index in [4.69, 9.17) is 4.74 Å². The Morgan fingerprint density at radius 2 is 2.24 bits per heavy atom. The van der Waals surface area contributed by atoms with Crippen molar-refractivity contribution in [1.82, 2.24) is 0 Å². The van der Waals surface area contributed by atoms with Crippen molar-refractivity contribution in [3.05, 3.63) is 12.2 Å². The minimum Gasteiger partial charge on any atom is -0.463 e. The van der Waals surface area contributed by atoms with Crippen LogP contribution in [0.25, 0.3) is 0 Å². The highest BCUT2D eigenvalue weighted by atomic mass is 16.5. The van der Waals surface area contributed by atoms with E-state index >= 15 is 0 Å². The Hall–Kier alpha value is -0.790. The van der Waals surface area contributed by atoms with E-state index in [2.05, 4.69) is 19.1 Å². The lowest BCUT2D eigenvalue weighted by Crippen LogP contribution is -2.16. The summed E-state index contributed by atoms with van der Waals surface area (Å²) in [5, 5.41) is 0. The summed E-state index contributed by atoms with van der Waals surface area (Å²) in [6, 6.07) is 0. The summed E-state index contributed by atoms with van der Waals surface area (Å²) in [4.78, 5) is 11.6. The number of carbonyl (C=O) groups excluding carboxylic acids is 1. The number of rotatable bonds is 8. The van der Waals surface area contributed by atoms with Gasteiger partial charge in [-0.2, -0.15) is 0 Å². The summed E-state index contributed by atoms with van der Waals surface area (Å²) in [7, 11) is 0. The third-order valence-electron chi connectivity index (χ3n) is 3.34. The van der Waals surface area contributed by atoms with E-state index in [1.54, 1.807) is 0 Å². The second kappa shape index (κ2) is 8.32. The predicted octanol–water partition coefficient (Wildman–Crippen LogP) is 4.24. The zero-order chi connectivity index (χ0) is 12.5. The van der Waals surface area contributed by atoms with Crippen molar-refractivity contribution in [2.75, 3.05) is 0 Å². The first-order valence-corrected chi connectivity index (χ1v) is 7.08. The Kier molecular flexibility index (Phi) is 6.99. The molecule has 2 nitrogen and oxygen atoms in total. The smallest absolute Gasteiger partial charge is 0.306 e. The number of ether oxygens (including phenoxy) is 1. The molecule has 0 radical (unpaired) electrons. The molecule has 0 aromatic rings. The van der Waals surface area contributed by atoms with Gasteiger partial charge < -0.3 is 4.74 Å². The zero-order valence-corrected chi connectivity index (χ0v) is 11.3. The molecule has 17 heavy (non-hydrogen) atoms. The van der Waals surface area contributed by atoms with Crippen molar-refractivity contribution in [3.63, 3.8) is 0 Å². The van der Waals surface area contributed by atoms with Gasteiger partial charge in [-0.05, 0) is 38.5 Å². The number of hydrogen-bond donors (Lipinski definition) is 0. The molecule has 0 fully saturated rings. The van der Waals surface area contributed by atoms with Crippen molar-refractivity contribution in [2.24, 2.45) is 5.92 Å². The molecule has 1 rings (SSSR count). The average molecular weight is 238 g/mol. The number of unbranched alkanes of at least 4 members (excludes halogenated alkanes) is 3. The molecule has 0 amide bonds. The largest absolute Gasteiger partial charge is 0.463 e. The molecule has 2 atom stereocenters. The fourth-order valence-corrected chi connectivity index (χ4v) is 2.27. The van der Waals surface area contributed by atoms with Gasteiger partial charge in [0.25, 0.3) is 0 Å². The quantitative estimate of drug-likeness (QED) is 0.359. The first-order chi connectivity index (χ1) is 8.22. The Balaban J connectivity index is 2.06. The first-order valence-electron chi connectivity index (χ1n) is 7.08. The first kappa shape index (κ1) is 14.3. The molecule has 98 valence electrons. The van der Waals surface area contributed by atoms with Crippen LogP contribution in [-0.2, 0) is 9.53 Å². The third kappa shape index (κ3) is 6.50. The van der Waals surface area contributed by atoms with Crippen LogP contribution in [0.15, 0.2) is 12.2 Å². The average Bonchev–Trinajstić information content (AvgIpc) is 2.77. The Morgan fingerprint density at radius 3 is 2.88 bits per heavy atom. The molecule has 2 heteroatoms. The zero-order valence-electron chi connectivity index (χ0n) is 11.3. The summed E-state index contributed by atoms with van der Waals surface area (Å²) in [6.07, 6.45) is 13.2. The van der Waals surface area contributed by atoms with E-state index in [9.17, 15) is 4.79 Å². The molecule has 0 aromatic heterocycles. The SMILES string of the molecule is CCCCCCC(C)OC(=O)CC1C=CCC1. The van der Waals surface area contributed by atoms with Crippen molar-refractivity contribution >= 4 is 5.97 Å². The molecule has 0 aromatic carbocycles. The van der Waals surface area contributed by atoms with Gasteiger partial charge in [0, 0.05) is 0 Å². The molecule has 0 saturated carbocycles. The van der Waals surface area contributed by atoms with Crippen LogP contribution in [0.2, 0.25) is 0 Å². The minimum atomic E-state index is -0.0236. The summed E-state index contributed by atoms with van der Waals surface area (Å²) < 4.78 is 5.42. The molecular formula is C15H26O2. The molecule has 0 N–H and O–H groups in total. The molecule has 0 saturated heterocycles. The Bertz CT molecular complexity index is 245. The molecule has 0 heterocycles. The number of allylic oxidation sites excluding steroid dienone is 2.